The van der Waals surface area contributed by atoms with E-state index in [1.54, 1.807) is 23.7 Å². The summed E-state index contributed by atoms with van der Waals surface area (Å²) in [5.41, 5.74) is 7.47. The molecule has 0 aliphatic carbocycles. The molecule has 0 bridgehead atoms. The number of nitrogens with zero attached hydrogens (tertiary/aromatic N) is 2. The highest BCUT2D eigenvalue weighted by Crippen LogP contribution is 2.25. The number of aromatic nitrogens is 1. The first-order valence-electron chi connectivity index (χ1n) is 5.27. The Morgan fingerprint density at radius 1 is 1.50 bits per heavy atom. The number of hydrogen-bond donors (Lipinski definition) is 1. The van der Waals surface area contributed by atoms with Gasteiger partial charge < -0.3 is 10.6 Å². The van der Waals surface area contributed by atoms with E-state index >= 15 is 0 Å². The third-order valence-corrected chi connectivity index (χ3v) is 3.93. The second-order valence-electron chi connectivity index (χ2n) is 3.82. The summed E-state index contributed by atoms with van der Waals surface area (Å²) in [6, 6.07) is 5.74. The molecule has 3 nitrogen and oxygen atoms in total. The van der Waals surface area contributed by atoms with E-state index in [4.69, 9.17) is 29.6 Å². The molecule has 2 aromatic rings. The molecule has 18 heavy (non-hydrogen) atoms. The molecule has 0 aliphatic heterocycles. The van der Waals surface area contributed by atoms with Gasteiger partial charge in [0.15, 0.2) is 0 Å². The summed E-state index contributed by atoms with van der Waals surface area (Å²) in [4.78, 5) is 7.73. The van der Waals surface area contributed by atoms with Gasteiger partial charge in [0.2, 0.25) is 0 Å². The molecule has 2 heterocycles. The molecule has 0 saturated heterocycles. The highest BCUT2D eigenvalue weighted by atomic mass is 35.5. The van der Waals surface area contributed by atoms with Crippen molar-refractivity contribution in [2.75, 3.05) is 11.9 Å². The molecule has 0 aromatic carbocycles. The van der Waals surface area contributed by atoms with Gasteiger partial charge in [-0.15, -0.1) is 11.3 Å². The van der Waals surface area contributed by atoms with Gasteiger partial charge in [-0.3, -0.25) is 4.98 Å². The number of rotatable bonds is 4. The first-order chi connectivity index (χ1) is 8.58. The van der Waals surface area contributed by atoms with Crippen LogP contribution in [-0.4, -0.2) is 17.0 Å². The third kappa shape index (κ3) is 2.98. The molecular formula is C12H12ClN3S2. The van der Waals surface area contributed by atoms with Crippen molar-refractivity contribution in [1.82, 2.24) is 4.98 Å². The van der Waals surface area contributed by atoms with E-state index in [1.165, 1.54) is 4.88 Å². The van der Waals surface area contributed by atoms with Gasteiger partial charge in [-0.2, -0.15) is 0 Å². The lowest BCUT2D eigenvalue weighted by Gasteiger charge is -2.20. The minimum absolute atomic E-state index is 0.378. The minimum atomic E-state index is 0.378. The second-order valence-corrected chi connectivity index (χ2v) is 6.06. The van der Waals surface area contributed by atoms with Crippen molar-refractivity contribution in [2.45, 2.75) is 6.54 Å². The molecule has 0 atom stereocenters. The van der Waals surface area contributed by atoms with E-state index in [9.17, 15) is 0 Å². The lowest BCUT2D eigenvalue weighted by Crippen LogP contribution is -2.21. The van der Waals surface area contributed by atoms with Crippen molar-refractivity contribution in [3.63, 3.8) is 0 Å². The minimum Gasteiger partial charge on any atom is -0.389 e. The molecule has 0 aliphatic rings. The first kappa shape index (κ1) is 13.3. The van der Waals surface area contributed by atoms with Gasteiger partial charge in [0.1, 0.15) is 4.99 Å². The summed E-state index contributed by atoms with van der Waals surface area (Å²) in [6.45, 7) is 0.749. The van der Waals surface area contributed by atoms with Gasteiger partial charge in [-0.1, -0.05) is 23.8 Å². The average molecular weight is 298 g/mol. The van der Waals surface area contributed by atoms with Crippen LogP contribution in [0.1, 0.15) is 10.4 Å². The molecule has 2 aromatic heterocycles. The summed E-state index contributed by atoms with van der Waals surface area (Å²) in [5.74, 6) is 0. The lowest BCUT2D eigenvalue weighted by molar-refractivity contribution is 0.933. The van der Waals surface area contributed by atoms with E-state index < -0.39 is 0 Å². The Kier molecular flexibility index (Phi) is 4.16. The fourth-order valence-corrected chi connectivity index (χ4v) is 2.97. The zero-order valence-electron chi connectivity index (χ0n) is 9.76. The smallest absolute Gasteiger partial charge is 0.106 e. The van der Waals surface area contributed by atoms with E-state index in [0.717, 1.165) is 22.1 Å². The molecule has 94 valence electrons. The van der Waals surface area contributed by atoms with Gasteiger partial charge in [0, 0.05) is 23.7 Å². The number of halogens is 1. The van der Waals surface area contributed by atoms with Crippen LogP contribution < -0.4 is 10.6 Å². The monoisotopic (exact) mass is 297 g/mol. The van der Waals surface area contributed by atoms with Crippen molar-refractivity contribution in [2.24, 2.45) is 5.73 Å². The Bertz CT molecular complexity index is 568. The highest BCUT2D eigenvalue weighted by molar-refractivity contribution is 7.80. The van der Waals surface area contributed by atoms with E-state index in [0.29, 0.717) is 4.99 Å². The second kappa shape index (κ2) is 5.65. The topological polar surface area (TPSA) is 42.2 Å². The number of thiophene rings is 1. The van der Waals surface area contributed by atoms with Crippen molar-refractivity contribution in [1.29, 1.82) is 0 Å². The summed E-state index contributed by atoms with van der Waals surface area (Å²) in [7, 11) is 1.98. The summed E-state index contributed by atoms with van der Waals surface area (Å²) in [6.07, 6.45) is 3.46. The molecular weight excluding hydrogens is 286 g/mol. The number of thiocarbonyl (C=S) groups is 1. The standard InChI is InChI=1S/C12H12ClN3S2/c1-16(7-8-2-3-11(13)18-8)10-6-15-5-4-9(10)12(14)17/h2-6H,7H2,1H3,(H2,14,17). The molecule has 2 rings (SSSR count). The maximum absolute atomic E-state index is 5.92. The Labute approximate surface area is 120 Å². The van der Waals surface area contributed by atoms with Gasteiger partial charge in [-0.05, 0) is 18.2 Å². The number of pyridine rings is 1. The van der Waals surface area contributed by atoms with E-state index in [-0.39, 0.29) is 0 Å². The molecule has 0 radical (unpaired) electrons. The van der Waals surface area contributed by atoms with Crippen molar-refractivity contribution < 1.29 is 0 Å². The lowest BCUT2D eigenvalue weighted by atomic mass is 10.2. The summed E-state index contributed by atoms with van der Waals surface area (Å²) >= 11 is 12.5. The van der Waals surface area contributed by atoms with Crippen LogP contribution in [-0.2, 0) is 6.54 Å². The fourth-order valence-electron chi connectivity index (χ4n) is 1.65. The van der Waals surface area contributed by atoms with Crippen LogP contribution in [0.2, 0.25) is 4.34 Å². The van der Waals surface area contributed by atoms with Crippen LogP contribution in [0.25, 0.3) is 0 Å². The Balaban J connectivity index is 2.23. The zero-order valence-corrected chi connectivity index (χ0v) is 12.1. The Morgan fingerprint density at radius 2 is 2.28 bits per heavy atom. The van der Waals surface area contributed by atoms with Crippen LogP contribution in [0.4, 0.5) is 5.69 Å². The normalized spacial score (nSPS) is 10.3. The van der Waals surface area contributed by atoms with Gasteiger partial charge >= 0.3 is 0 Å². The Morgan fingerprint density at radius 3 is 2.89 bits per heavy atom. The van der Waals surface area contributed by atoms with Gasteiger partial charge in [0.05, 0.1) is 22.8 Å². The fraction of sp³-hybridized carbons (Fsp3) is 0.167. The van der Waals surface area contributed by atoms with Crippen LogP contribution in [0, 0.1) is 0 Å². The predicted octanol–water partition coefficient (Wildman–Crippen LogP) is 3.07. The van der Waals surface area contributed by atoms with Crippen LogP contribution in [0.3, 0.4) is 0 Å². The predicted molar refractivity (Wildman–Crippen MR) is 81.6 cm³/mol. The van der Waals surface area contributed by atoms with Crippen LogP contribution >= 0.6 is 35.2 Å². The number of hydrogen-bond acceptors (Lipinski definition) is 4. The zero-order chi connectivity index (χ0) is 13.1. The number of nitrogens with two attached hydrogens (primary N) is 1. The molecule has 0 saturated carbocycles. The van der Waals surface area contributed by atoms with Gasteiger partial charge in [-0.25, -0.2) is 0 Å². The molecule has 0 fully saturated rings. The molecule has 0 spiro atoms. The maximum atomic E-state index is 5.92. The van der Waals surface area contributed by atoms with Crippen molar-refractivity contribution >= 4 is 45.8 Å². The van der Waals surface area contributed by atoms with Crippen molar-refractivity contribution in [3.8, 4) is 0 Å². The first-order valence-corrected chi connectivity index (χ1v) is 6.87. The van der Waals surface area contributed by atoms with E-state index in [1.807, 2.05) is 25.2 Å². The summed E-state index contributed by atoms with van der Waals surface area (Å²) in [5, 5.41) is 0. The summed E-state index contributed by atoms with van der Waals surface area (Å²) < 4.78 is 0.791. The molecule has 2 N–H and O–H groups in total. The van der Waals surface area contributed by atoms with Gasteiger partial charge in [0.25, 0.3) is 0 Å². The number of anilines is 1. The maximum Gasteiger partial charge on any atom is 0.106 e. The van der Waals surface area contributed by atoms with Crippen LogP contribution in [0.15, 0.2) is 30.6 Å². The molecule has 0 amide bonds. The van der Waals surface area contributed by atoms with Crippen LogP contribution in [0.5, 0.6) is 0 Å². The third-order valence-electron chi connectivity index (χ3n) is 2.50. The SMILES string of the molecule is CN(Cc1ccc(Cl)s1)c1cnccc1C(N)=S. The largest absolute Gasteiger partial charge is 0.389 e. The van der Waals surface area contributed by atoms with E-state index in [2.05, 4.69) is 9.88 Å². The average Bonchev–Trinajstić information content (AvgIpc) is 2.74. The quantitative estimate of drug-likeness (QED) is 0.881. The van der Waals surface area contributed by atoms with Crippen molar-refractivity contribution in [3.05, 3.63) is 45.4 Å². The Hall–Kier alpha value is -1.17. The molecule has 0 unspecified atom stereocenters. The molecule has 6 heteroatoms. The highest BCUT2D eigenvalue weighted by Gasteiger charge is 2.10.